The molecule has 0 radical (unpaired) electrons. The molecule has 0 spiro atoms. The Hall–Kier alpha value is -3.36. The van der Waals surface area contributed by atoms with Crippen molar-refractivity contribution in [3.63, 3.8) is 0 Å². The van der Waals surface area contributed by atoms with Crippen molar-refractivity contribution >= 4 is 17.8 Å². The molecule has 1 N–H and O–H groups in total. The van der Waals surface area contributed by atoms with Gasteiger partial charge in [-0.15, -0.1) is 0 Å². The van der Waals surface area contributed by atoms with Crippen molar-refractivity contribution < 1.29 is 23.9 Å². The van der Waals surface area contributed by atoms with Gasteiger partial charge >= 0.3 is 5.97 Å². The minimum atomic E-state index is -1.18. The van der Waals surface area contributed by atoms with E-state index in [1.807, 2.05) is 24.3 Å². The summed E-state index contributed by atoms with van der Waals surface area (Å²) in [6, 6.07) is 8.94. The third-order valence-corrected chi connectivity index (χ3v) is 6.46. The van der Waals surface area contributed by atoms with Gasteiger partial charge in [-0.3, -0.25) is 14.3 Å². The summed E-state index contributed by atoms with van der Waals surface area (Å²) in [5.41, 5.74) is 0.00950. The van der Waals surface area contributed by atoms with Gasteiger partial charge in [0, 0.05) is 18.7 Å². The van der Waals surface area contributed by atoms with Gasteiger partial charge in [0.25, 0.3) is 5.91 Å². The van der Waals surface area contributed by atoms with E-state index in [4.69, 9.17) is 9.47 Å². The monoisotopic (exact) mass is 454 g/mol. The Kier molecular flexibility index (Phi) is 6.40. The van der Waals surface area contributed by atoms with Gasteiger partial charge in [-0.25, -0.2) is 4.79 Å². The predicted octanol–water partition coefficient (Wildman–Crippen LogP) is 2.54. The molecule has 0 bridgehead atoms. The molecule has 4 rings (SSSR count). The molecule has 33 heavy (non-hydrogen) atoms. The van der Waals surface area contributed by atoms with E-state index in [9.17, 15) is 14.4 Å². The highest BCUT2D eigenvalue weighted by molar-refractivity contribution is 6.01. The van der Waals surface area contributed by atoms with E-state index in [1.54, 1.807) is 25.9 Å². The van der Waals surface area contributed by atoms with Crippen molar-refractivity contribution in [2.75, 3.05) is 13.7 Å². The lowest BCUT2D eigenvalue weighted by Gasteiger charge is -2.43. The number of nitrogens with one attached hydrogen (secondary N) is 1. The highest BCUT2D eigenvalue weighted by Crippen LogP contribution is 2.31. The van der Waals surface area contributed by atoms with Crippen LogP contribution in [0.5, 0.6) is 5.75 Å². The number of nitrogens with zero attached hydrogens (tertiary/aromatic N) is 3. The summed E-state index contributed by atoms with van der Waals surface area (Å²) in [4.78, 5) is 40.9. The van der Waals surface area contributed by atoms with E-state index in [0.717, 1.165) is 31.2 Å². The zero-order chi connectivity index (χ0) is 23.6. The van der Waals surface area contributed by atoms with E-state index in [1.165, 1.54) is 10.7 Å². The van der Waals surface area contributed by atoms with Crippen LogP contribution in [0.25, 0.3) is 0 Å². The van der Waals surface area contributed by atoms with Crippen LogP contribution in [0.1, 0.15) is 66.1 Å². The maximum atomic E-state index is 13.6. The van der Waals surface area contributed by atoms with Gasteiger partial charge in [0.05, 0.1) is 20.3 Å². The van der Waals surface area contributed by atoms with Gasteiger partial charge in [-0.2, -0.15) is 5.10 Å². The lowest BCUT2D eigenvalue weighted by molar-refractivity contribution is -0.134. The van der Waals surface area contributed by atoms with Crippen molar-refractivity contribution in [2.45, 2.75) is 64.2 Å². The lowest BCUT2D eigenvalue weighted by Crippen LogP contribution is -2.64. The molecule has 1 aromatic heterocycles. The van der Waals surface area contributed by atoms with Crippen molar-refractivity contribution in [2.24, 2.45) is 0 Å². The van der Waals surface area contributed by atoms with Crippen molar-refractivity contribution in [1.82, 2.24) is 20.0 Å². The third-order valence-electron chi connectivity index (χ3n) is 6.46. The number of benzene rings is 1. The van der Waals surface area contributed by atoms with Crippen LogP contribution in [0.3, 0.4) is 0 Å². The zero-order valence-electron chi connectivity index (χ0n) is 19.3. The first-order valence-electron chi connectivity index (χ1n) is 11.4. The summed E-state index contributed by atoms with van der Waals surface area (Å²) in [6.45, 7) is 4.05. The van der Waals surface area contributed by atoms with Gasteiger partial charge in [-0.05, 0) is 44.4 Å². The Bertz CT molecular complexity index is 1040. The van der Waals surface area contributed by atoms with Crippen molar-refractivity contribution in [3.05, 3.63) is 47.3 Å². The smallest absolute Gasteiger partial charge is 0.358 e. The first-order chi connectivity index (χ1) is 15.9. The number of carbonyl (C=O) groups is 3. The van der Waals surface area contributed by atoms with E-state index in [2.05, 4.69) is 10.4 Å². The van der Waals surface area contributed by atoms with Gasteiger partial charge in [0.15, 0.2) is 5.69 Å². The average molecular weight is 455 g/mol. The van der Waals surface area contributed by atoms with E-state index >= 15 is 0 Å². The molecule has 1 fully saturated rings. The average Bonchev–Trinajstić information content (AvgIpc) is 3.47. The largest absolute Gasteiger partial charge is 0.497 e. The molecule has 2 amide bonds. The Balaban J connectivity index is 1.68. The molecule has 2 aromatic rings. The molecule has 1 aliphatic carbocycles. The van der Waals surface area contributed by atoms with Gasteiger partial charge < -0.3 is 19.7 Å². The first kappa shape index (κ1) is 22.8. The maximum Gasteiger partial charge on any atom is 0.358 e. The fourth-order valence-corrected chi connectivity index (χ4v) is 4.52. The minimum Gasteiger partial charge on any atom is -0.497 e. The molecule has 1 atom stereocenters. The van der Waals surface area contributed by atoms with Crippen LogP contribution in [0.15, 0.2) is 30.3 Å². The topological polar surface area (TPSA) is 103 Å². The van der Waals surface area contributed by atoms with Crippen LogP contribution >= 0.6 is 0 Å². The highest BCUT2D eigenvalue weighted by atomic mass is 16.5. The van der Waals surface area contributed by atoms with Crippen molar-refractivity contribution in [3.8, 4) is 5.75 Å². The Morgan fingerprint density at radius 3 is 2.55 bits per heavy atom. The lowest BCUT2D eigenvalue weighted by atomic mass is 9.93. The number of amides is 2. The molecule has 9 heteroatoms. The SMILES string of the molecule is CCOC(=O)c1cc2n(n1)CC(C)(C(=O)NC1CCCC1)N(Cc1ccc(OC)cc1)C2=O. The summed E-state index contributed by atoms with van der Waals surface area (Å²) < 4.78 is 11.7. The van der Waals surface area contributed by atoms with E-state index < -0.39 is 11.5 Å². The second-order valence-corrected chi connectivity index (χ2v) is 8.76. The van der Waals surface area contributed by atoms with E-state index in [0.29, 0.717) is 5.75 Å². The van der Waals surface area contributed by atoms with Gasteiger partial charge in [-0.1, -0.05) is 25.0 Å². The predicted molar refractivity (Wildman–Crippen MR) is 120 cm³/mol. The number of aromatic nitrogens is 2. The van der Waals surface area contributed by atoms with Crippen LogP contribution < -0.4 is 10.1 Å². The fraction of sp³-hybridized carbons (Fsp3) is 0.500. The molecule has 0 saturated heterocycles. The van der Waals surface area contributed by atoms with Crippen LogP contribution in [-0.4, -0.2) is 57.8 Å². The number of ether oxygens (including phenoxy) is 2. The molecule has 9 nitrogen and oxygen atoms in total. The Morgan fingerprint density at radius 2 is 1.91 bits per heavy atom. The summed E-state index contributed by atoms with van der Waals surface area (Å²) >= 11 is 0. The van der Waals surface area contributed by atoms with Crippen LogP contribution in [0.4, 0.5) is 0 Å². The first-order valence-corrected chi connectivity index (χ1v) is 11.4. The standard InChI is InChI=1S/C24H30N4O5/c1-4-33-22(30)19-13-20-21(29)27(14-16-9-11-18(32-3)12-10-16)24(2,15-28(20)26-19)23(31)25-17-7-5-6-8-17/h9-13,17H,4-8,14-15H2,1-3H3,(H,25,31). The van der Waals surface area contributed by atoms with Crippen LogP contribution in [0.2, 0.25) is 0 Å². The Labute approximate surface area is 193 Å². The van der Waals surface area contributed by atoms with Gasteiger partial charge in [0.2, 0.25) is 5.91 Å². The van der Waals surface area contributed by atoms with Crippen LogP contribution in [0, 0.1) is 0 Å². The molecular formula is C24H30N4O5. The normalized spacial score (nSPS) is 20.5. The Morgan fingerprint density at radius 1 is 1.21 bits per heavy atom. The number of hydrogen-bond acceptors (Lipinski definition) is 6. The molecule has 1 aromatic carbocycles. The number of fused-ring (bicyclic) bond motifs is 1. The minimum absolute atomic E-state index is 0.0602. The quantitative estimate of drug-likeness (QED) is 0.645. The second kappa shape index (κ2) is 9.25. The van der Waals surface area contributed by atoms with Gasteiger partial charge in [0.1, 0.15) is 17.0 Å². The number of methoxy groups -OCH3 is 1. The summed E-state index contributed by atoms with van der Waals surface area (Å²) in [7, 11) is 1.59. The molecule has 1 aliphatic heterocycles. The second-order valence-electron chi connectivity index (χ2n) is 8.76. The van der Waals surface area contributed by atoms with E-state index in [-0.39, 0.29) is 48.9 Å². The summed E-state index contributed by atoms with van der Waals surface area (Å²) in [5, 5.41) is 7.43. The number of rotatable bonds is 7. The molecule has 1 saturated carbocycles. The molecular weight excluding hydrogens is 424 g/mol. The number of hydrogen-bond donors (Lipinski definition) is 1. The molecule has 2 aliphatic rings. The summed E-state index contributed by atoms with van der Waals surface area (Å²) in [6.07, 6.45) is 4.05. The zero-order valence-corrected chi connectivity index (χ0v) is 19.3. The van der Waals surface area contributed by atoms with Crippen molar-refractivity contribution in [1.29, 1.82) is 0 Å². The number of carbonyl (C=O) groups excluding carboxylic acids is 3. The molecule has 176 valence electrons. The molecule has 1 unspecified atom stereocenters. The number of esters is 1. The third kappa shape index (κ3) is 4.44. The fourth-order valence-electron chi connectivity index (χ4n) is 4.52. The maximum absolute atomic E-state index is 13.6. The highest BCUT2D eigenvalue weighted by Gasteiger charge is 2.48. The van der Waals surface area contributed by atoms with Crippen LogP contribution in [-0.2, 0) is 22.6 Å². The molecule has 2 heterocycles. The summed E-state index contributed by atoms with van der Waals surface area (Å²) in [5.74, 6) is -0.451.